The highest BCUT2D eigenvalue weighted by Gasteiger charge is 2.26. The SMILES string of the molecule is CCCN(CCC)C(CS(C)(=O)=O)c1cnc(-c2ccc3ncnc(Nc4ccc(OCc5cccc(F)c5)c(Cl)c4)c3c2)s1. The Kier molecular flexibility index (Phi) is 10.7. The van der Waals surface area contributed by atoms with Gasteiger partial charge in [-0.15, -0.1) is 11.3 Å². The molecule has 3 aromatic carbocycles. The molecule has 0 aliphatic carbocycles. The summed E-state index contributed by atoms with van der Waals surface area (Å²) < 4.78 is 44.1. The zero-order valence-electron chi connectivity index (χ0n) is 25.3. The second-order valence-electron chi connectivity index (χ2n) is 10.9. The van der Waals surface area contributed by atoms with Crippen LogP contribution in [0, 0.1) is 5.82 Å². The van der Waals surface area contributed by atoms with Crippen molar-refractivity contribution in [3.63, 3.8) is 0 Å². The first kappa shape index (κ1) is 32.7. The predicted molar refractivity (Wildman–Crippen MR) is 181 cm³/mol. The third kappa shape index (κ3) is 8.55. The number of hydrogen-bond acceptors (Lipinski definition) is 9. The standard InChI is InChI=1S/C33H35ClFN5O3S2/c1-4-13-40(14-5-2)29(20-45(3,41)42)31-18-36-33(44-31)23-9-11-28-26(16-23)32(38-21-37-28)39-25-10-12-30(27(34)17-25)43-19-22-7-6-8-24(35)15-22/h6-12,15-18,21,29H,4-5,13-14,19-20H2,1-3H3,(H,37,38,39). The number of hydrogen-bond donors (Lipinski definition) is 1. The Labute approximate surface area is 272 Å². The number of aromatic nitrogens is 3. The highest BCUT2D eigenvalue weighted by atomic mass is 35.5. The third-order valence-electron chi connectivity index (χ3n) is 7.14. The minimum Gasteiger partial charge on any atom is -0.487 e. The van der Waals surface area contributed by atoms with Gasteiger partial charge in [-0.1, -0.05) is 37.6 Å². The van der Waals surface area contributed by atoms with Crippen LogP contribution in [0.4, 0.5) is 15.9 Å². The maximum atomic E-state index is 13.5. The van der Waals surface area contributed by atoms with E-state index in [1.54, 1.807) is 30.5 Å². The van der Waals surface area contributed by atoms with Crippen LogP contribution in [0.2, 0.25) is 5.02 Å². The smallest absolute Gasteiger partial charge is 0.149 e. The fraction of sp³-hybridized carbons (Fsp3) is 0.303. The molecule has 0 radical (unpaired) electrons. The average Bonchev–Trinajstić information content (AvgIpc) is 3.49. The Balaban J connectivity index is 1.39. The van der Waals surface area contributed by atoms with Crippen molar-refractivity contribution in [1.29, 1.82) is 0 Å². The van der Waals surface area contributed by atoms with Crippen molar-refractivity contribution in [3.8, 4) is 16.3 Å². The Morgan fingerprint density at radius 3 is 2.53 bits per heavy atom. The van der Waals surface area contributed by atoms with Crippen LogP contribution in [-0.4, -0.2) is 53.4 Å². The molecule has 1 unspecified atom stereocenters. The van der Waals surface area contributed by atoms with Crippen molar-refractivity contribution in [2.45, 2.75) is 39.3 Å². The second kappa shape index (κ2) is 14.6. The van der Waals surface area contributed by atoms with Gasteiger partial charge >= 0.3 is 0 Å². The molecule has 236 valence electrons. The Morgan fingerprint density at radius 1 is 1.02 bits per heavy atom. The number of anilines is 2. The second-order valence-corrected chi connectivity index (χ2v) is 14.5. The summed E-state index contributed by atoms with van der Waals surface area (Å²) in [6.45, 7) is 6.02. The van der Waals surface area contributed by atoms with Crippen LogP contribution in [0.1, 0.15) is 43.2 Å². The first-order valence-corrected chi connectivity index (χ1v) is 18.0. The molecule has 0 saturated carbocycles. The Hall–Kier alpha value is -3.64. The van der Waals surface area contributed by atoms with E-state index < -0.39 is 9.84 Å². The molecule has 0 fully saturated rings. The van der Waals surface area contributed by atoms with E-state index in [4.69, 9.17) is 21.3 Å². The van der Waals surface area contributed by atoms with E-state index in [0.717, 1.165) is 52.3 Å². The number of sulfone groups is 1. The lowest BCUT2D eigenvalue weighted by molar-refractivity contribution is 0.215. The molecule has 0 bridgehead atoms. The van der Waals surface area contributed by atoms with Gasteiger partial charge in [0.05, 0.1) is 22.3 Å². The van der Waals surface area contributed by atoms with Crippen molar-refractivity contribution >= 4 is 55.2 Å². The van der Waals surface area contributed by atoms with Gasteiger partial charge in [-0.05, 0) is 80.0 Å². The Morgan fingerprint density at radius 2 is 1.82 bits per heavy atom. The molecule has 0 aliphatic heterocycles. The molecule has 0 aliphatic rings. The number of nitrogens with zero attached hydrogens (tertiary/aromatic N) is 4. The molecule has 1 atom stereocenters. The number of rotatable bonds is 14. The van der Waals surface area contributed by atoms with Gasteiger partial charge in [0.15, 0.2) is 0 Å². The molecule has 2 aromatic heterocycles. The fourth-order valence-electron chi connectivity index (χ4n) is 5.14. The van der Waals surface area contributed by atoms with Gasteiger partial charge in [0, 0.05) is 34.0 Å². The molecule has 8 nitrogen and oxygen atoms in total. The van der Waals surface area contributed by atoms with E-state index in [9.17, 15) is 12.8 Å². The molecule has 0 saturated heterocycles. The van der Waals surface area contributed by atoms with Gasteiger partial charge in [0.1, 0.15) is 45.2 Å². The summed E-state index contributed by atoms with van der Waals surface area (Å²) in [6.07, 6.45) is 6.45. The van der Waals surface area contributed by atoms with Crippen molar-refractivity contribution in [2.75, 3.05) is 30.4 Å². The number of nitrogens with one attached hydrogen (secondary N) is 1. The predicted octanol–water partition coefficient (Wildman–Crippen LogP) is 8.08. The fourth-order valence-corrected chi connectivity index (χ4v) is 7.49. The number of ether oxygens (including phenoxy) is 1. The van der Waals surface area contributed by atoms with Crippen LogP contribution in [0.3, 0.4) is 0 Å². The monoisotopic (exact) mass is 667 g/mol. The van der Waals surface area contributed by atoms with Crippen molar-refractivity contribution in [2.24, 2.45) is 0 Å². The first-order chi connectivity index (χ1) is 21.6. The molecule has 12 heteroatoms. The number of benzene rings is 3. The normalized spacial score (nSPS) is 12.5. The van der Waals surface area contributed by atoms with E-state index in [0.29, 0.717) is 27.8 Å². The summed E-state index contributed by atoms with van der Waals surface area (Å²) in [5, 5.41) is 5.31. The lowest BCUT2D eigenvalue weighted by atomic mass is 10.1. The van der Waals surface area contributed by atoms with E-state index in [1.165, 1.54) is 36.1 Å². The molecule has 45 heavy (non-hydrogen) atoms. The summed E-state index contributed by atoms with van der Waals surface area (Å²) in [4.78, 5) is 16.8. The maximum absolute atomic E-state index is 13.5. The third-order valence-corrected chi connectivity index (χ3v) is 9.50. The molecule has 0 amide bonds. The molecule has 2 heterocycles. The average molecular weight is 668 g/mol. The van der Waals surface area contributed by atoms with Gasteiger partial charge in [0.25, 0.3) is 0 Å². The molecular weight excluding hydrogens is 633 g/mol. The van der Waals surface area contributed by atoms with Gasteiger partial charge in [-0.3, -0.25) is 4.90 Å². The minimum atomic E-state index is -3.21. The highest BCUT2D eigenvalue weighted by molar-refractivity contribution is 7.90. The first-order valence-electron chi connectivity index (χ1n) is 14.7. The molecule has 5 aromatic rings. The number of halogens is 2. The molecule has 0 spiro atoms. The lowest BCUT2D eigenvalue weighted by Crippen LogP contribution is -2.34. The lowest BCUT2D eigenvalue weighted by Gasteiger charge is -2.29. The van der Waals surface area contributed by atoms with Crippen LogP contribution in [0.25, 0.3) is 21.5 Å². The number of fused-ring (bicyclic) bond motifs is 1. The molecular formula is C33H35ClFN5O3S2. The topological polar surface area (TPSA) is 97.3 Å². The zero-order valence-corrected chi connectivity index (χ0v) is 27.7. The van der Waals surface area contributed by atoms with Crippen LogP contribution in [-0.2, 0) is 16.4 Å². The van der Waals surface area contributed by atoms with E-state index in [1.807, 2.05) is 24.3 Å². The van der Waals surface area contributed by atoms with Crippen molar-refractivity contribution < 1.29 is 17.5 Å². The van der Waals surface area contributed by atoms with Crippen LogP contribution < -0.4 is 10.1 Å². The number of thiazole rings is 1. The summed E-state index contributed by atoms with van der Waals surface area (Å²) in [7, 11) is -3.21. The van der Waals surface area contributed by atoms with E-state index in [-0.39, 0.29) is 24.2 Å². The quantitative estimate of drug-likeness (QED) is 0.127. The minimum absolute atomic E-state index is 0.0471. The van der Waals surface area contributed by atoms with E-state index in [2.05, 4.69) is 34.0 Å². The van der Waals surface area contributed by atoms with Gasteiger partial charge in [-0.25, -0.2) is 27.8 Å². The van der Waals surface area contributed by atoms with Crippen LogP contribution >= 0.6 is 22.9 Å². The van der Waals surface area contributed by atoms with Gasteiger partial charge in [0.2, 0.25) is 0 Å². The Bertz CT molecular complexity index is 1880. The van der Waals surface area contributed by atoms with Crippen LogP contribution in [0.15, 0.2) is 73.2 Å². The van der Waals surface area contributed by atoms with Crippen molar-refractivity contribution in [3.05, 3.63) is 94.5 Å². The summed E-state index contributed by atoms with van der Waals surface area (Å²) in [5.41, 5.74) is 3.04. The zero-order chi connectivity index (χ0) is 32.0. The summed E-state index contributed by atoms with van der Waals surface area (Å²) >= 11 is 8.04. The van der Waals surface area contributed by atoms with Gasteiger partial charge in [-0.2, -0.15) is 0 Å². The summed E-state index contributed by atoms with van der Waals surface area (Å²) in [5.74, 6) is 0.798. The van der Waals surface area contributed by atoms with E-state index >= 15 is 0 Å². The maximum Gasteiger partial charge on any atom is 0.149 e. The molecule has 5 rings (SSSR count). The van der Waals surface area contributed by atoms with Gasteiger partial charge < -0.3 is 10.1 Å². The highest BCUT2D eigenvalue weighted by Crippen LogP contribution is 2.36. The summed E-state index contributed by atoms with van der Waals surface area (Å²) in [6, 6.07) is 17.2. The largest absolute Gasteiger partial charge is 0.487 e. The van der Waals surface area contributed by atoms with Crippen LogP contribution in [0.5, 0.6) is 5.75 Å². The van der Waals surface area contributed by atoms with Crippen molar-refractivity contribution in [1.82, 2.24) is 19.9 Å². The molecule has 1 N–H and O–H groups in total.